The Hall–Kier alpha value is -0.570. The predicted octanol–water partition coefficient (Wildman–Crippen LogP) is 2.75. The Labute approximate surface area is 104 Å². The standard InChI is InChI=1S/C14H25NO2/c1-3-4-10-5-8-12(14(16)17)13(9-10)15(2)11-6-7-11/h10-13H,3-9H2,1-2H3,(H,16,17). The summed E-state index contributed by atoms with van der Waals surface area (Å²) in [5.41, 5.74) is 0. The van der Waals surface area contributed by atoms with Crippen molar-refractivity contribution in [2.24, 2.45) is 11.8 Å². The number of carbonyl (C=O) groups is 1. The van der Waals surface area contributed by atoms with Gasteiger partial charge in [-0.05, 0) is 45.1 Å². The minimum Gasteiger partial charge on any atom is -0.481 e. The normalized spacial score (nSPS) is 33.9. The zero-order valence-electron chi connectivity index (χ0n) is 11.1. The molecule has 1 N–H and O–H groups in total. The van der Waals surface area contributed by atoms with Crippen LogP contribution in [0.3, 0.4) is 0 Å². The van der Waals surface area contributed by atoms with Gasteiger partial charge in [-0.25, -0.2) is 0 Å². The lowest BCUT2D eigenvalue weighted by atomic mass is 9.76. The summed E-state index contributed by atoms with van der Waals surface area (Å²) in [5, 5.41) is 9.35. The van der Waals surface area contributed by atoms with E-state index < -0.39 is 5.97 Å². The summed E-state index contributed by atoms with van der Waals surface area (Å²) in [7, 11) is 2.13. The van der Waals surface area contributed by atoms with E-state index in [4.69, 9.17) is 0 Å². The zero-order valence-corrected chi connectivity index (χ0v) is 11.1. The van der Waals surface area contributed by atoms with Gasteiger partial charge >= 0.3 is 5.97 Å². The van der Waals surface area contributed by atoms with Crippen molar-refractivity contribution in [1.29, 1.82) is 0 Å². The fourth-order valence-electron chi connectivity index (χ4n) is 3.39. The molecule has 0 aromatic carbocycles. The minimum absolute atomic E-state index is 0.131. The summed E-state index contributed by atoms with van der Waals surface area (Å²) in [4.78, 5) is 13.7. The second kappa shape index (κ2) is 5.38. The van der Waals surface area contributed by atoms with Gasteiger partial charge in [-0.1, -0.05) is 19.8 Å². The van der Waals surface area contributed by atoms with E-state index in [1.807, 2.05) is 0 Å². The number of nitrogens with zero attached hydrogens (tertiary/aromatic N) is 1. The Morgan fingerprint density at radius 3 is 2.53 bits per heavy atom. The minimum atomic E-state index is -0.586. The second-order valence-electron chi connectivity index (χ2n) is 5.88. The van der Waals surface area contributed by atoms with E-state index in [0.717, 1.165) is 25.2 Å². The Kier molecular flexibility index (Phi) is 4.08. The van der Waals surface area contributed by atoms with E-state index >= 15 is 0 Å². The molecule has 3 nitrogen and oxygen atoms in total. The smallest absolute Gasteiger partial charge is 0.308 e. The first-order chi connectivity index (χ1) is 8.13. The molecule has 0 amide bonds. The Morgan fingerprint density at radius 2 is 2.00 bits per heavy atom. The molecule has 3 heteroatoms. The van der Waals surface area contributed by atoms with Crippen LogP contribution >= 0.6 is 0 Å². The van der Waals surface area contributed by atoms with Crippen LogP contribution in [0.2, 0.25) is 0 Å². The van der Waals surface area contributed by atoms with Gasteiger partial charge in [-0.2, -0.15) is 0 Å². The van der Waals surface area contributed by atoms with E-state index in [1.54, 1.807) is 0 Å². The van der Waals surface area contributed by atoms with Crippen molar-refractivity contribution in [2.75, 3.05) is 7.05 Å². The summed E-state index contributed by atoms with van der Waals surface area (Å²) in [6.45, 7) is 2.23. The zero-order chi connectivity index (χ0) is 12.4. The van der Waals surface area contributed by atoms with Gasteiger partial charge in [-0.3, -0.25) is 9.69 Å². The van der Waals surface area contributed by atoms with Crippen LogP contribution < -0.4 is 0 Å². The lowest BCUT2D eigenvalue weighted by Gasteiger charge is -2.39. The van der Waals surface area contributed by atoms with Crippen LogP contribution in [0, 0.1) is 11.8 Å². The fraction of sp³-hybridized carbons (Fsp3) is 0.929. The SMILES string of the molecule is CCCC1CCC(C(=O)O)C(N(C)C2CC2)C1. The average molecular weight is 239 g/mol. The molecule has 0 radical (unpaired) electrons. The molecular weight excluding hydrogens is 214 g/mol. The molecule has 0 saturated heterocycles. The van der Waals surface area contributed by atoms with Crippen LogP contribution in [0.4, 0.5) is 0 Å². The highest BCUT2D eigenvalue weighted by Crippen LogP contribution is 2.38. The first-order valence-electron chi connectivity index (χ1n) is 7.08. The van der Waals surface area contributed by atoms with Gasteiger partial charge in [0.2, 0.25) is 0 Å². The molecule has 2 aliphatic carbocycles. The third kappa shape index (κ3) is 3.01. The molecule has 17 heavy (non-hydrogen) atoms. The van der Waals surface area contributed by atoms with Crippen molar-refractivity contribution in [1.82, 2.24) is 4.90 Å². The van der Waals surface area contributed by atoms with Gasteiger partial charge in [-0.15, -0.1) is 0 Å². The third-order valence-electron chi connectivity index (χ3n) is 4.59. The number of hydrogen-bond acceptors (Lipinski definition) is 2. The maximum Gasteiger partial charge on any atom is 0.308 e. The Bertz CT molecular complexity index is 275. The number of aliphatic carboxylic acids is 1. The highest BCUT2D eigenvalue weighted by atomic mass is 16.4. The third-order valence-corrected chi connectivity index (χ3v) is 4.59. The molecule has 0 aliphatic heterocycles. The molecule has 2 saturated carbocycles. The molecular formula is C14H25NO2. The quantitative estimate of drug-likeness (QED) is 0.802. The molecule has 2 aliphatic rings. The van der Waals surface area contributed by atoms with E-state index in [9.17, 15) is 9.90 Å². The van der Waals surface area contributed by atoms with Gasteiger partial charge in [0.25, 0.3) is 0 Å². The van der Waals surface area contributed by atoms with Crippen molar-refractivity contribution in [2.45, 2.75) is 64.0 Å². The lowest BCUT2D eigenvalue weighted by molar-refractivity contribution is -0.146. The predicted molar refractivity (Wildman–Crippen MR) is 67.9 cm³/mol. The highest BCUT2D eigenvalue weighted by Gasteiger charge is 2.41. The number of rotatable bonds is 5. The summed E-state index contributed by atoms with van der Waals surface area (Å²) >= 11 is 0. The molecule has 2 rings (SSSR count). The summed E-state index contributed by atoms with van der Waals surface area (Å²) in [5.74, 6) is 0.0351. The second-order valence-corrected chi connectivity index (χ2v) is 5.88. The van der Waals surface area contributed by atoms with Crippen LogP contribution in [0.25, 0.3) is 0 Å². The van der Waals surface area contributed by atoms with Gasteiger partial charge < -0.3 is 5.11 Å². The van der Waals surface area contributed by atoms with Crippen molar-refractivity contribution in [3.63, 3.8) is 0 Å². The van der Waals surface area contributed by atoms with E-state index in [-0.39, 0.29) is 12.0 Å². The molecule has 3 atom stereocenters. The monoisotopic (exact) mass is 239 g/mol. The molecule has 3 unspecified atom stereocenters. The molecule has 0 heterocycles. The summed E-state index contributed by atoms with van der Waals surface area (Å²) in [6, 6.07) is 0.951. The molecule has 98 valence electrons. The maximum atomic E-state index is 11.4. The van der Waals surface area contributed by atoms with Crippen LogP contribution in [0.15, 0.2) is 0 Å². The first kappa shape index (κ1) is 12.9. The Morgan fingerprint density at radius 1 is 1.29 bits per heavy atom. The van der Waals surface area contributed by atoms with E-state index in [1.165, 1.54) is 25.7 Å². The fourth-order valence-corrected chi connectivity index (χ4v) is 3.39. The lowest BCUT2D eigenvalue weighted by Crippen LogP contribution is -2.46. The van der Waals surface area contributed by atoms with Crippen molar-refractivity contribution in [3.8, 4) is 0 Å². The Balaban J connectivity index is 2.00. The van der Waals surface area contributed by atoms with Crippen LogP contribution in [0.5, 0.6) is 0 Å². The van der Waals surface area contributed by atoms with Crippen molar-refractivity contribution in [3.05, 3.63) is 0 Å². The van der Waals surface area contributed by atoms with Gasteiger partial charge in [0.1, 0.15) is 0 Å². The van der Waals surface area contributed by atoms with Crippen molar-refractivity contribution < 1.29 is 9.90 Å². The van der Waals surface area contributed by atoms with Gasteiger partial charge in [0, 0.05) is 12.1 Å². The molecule has 2 fully saturated rings. The molecule has 0 spiro atoms. The highest BCUT2D eigenvalue weighted by molar-refractivity contribution is 5.71. The van der Waals surface area contributed by atoms with E-state index in [0.29, 0.717) is 6.04 Å². The molecule has 0 bridgehead atoms. The van der Waals surface area contributed by atoms with Crippen LogP contribution in [-0.2, 0) is 4.79 Å². The van der Waals surface area contributed by atoms with Crippen LogP contribution in [-0.4, -0.2) is 35.1 Å². The largest absolute Gasteiger partial charge is 0.481 e. The van der Waals surface area contributed by atoms with E-state index in [2.05, 4.69) is 18.9 Å². The summed E-state index contributed by atoms with van der Waals surface area (Å²) < 4.78 is 0. The van der Waals surface area contributed by atoms with Gasteiger partial charge in [0.15, 0.2) is 0 Å². The topological polar surface area (TPSA) is 40.5 Å². The van der Waals surface area contributed by atoms with Gasteiger partial charge in [0.05, 0.1) is 5.92 Å². The number of carboxylic acid groups (broad SMARTS) is 1. The average Bonchev–Trinajstić information content (AvgIpc) is 3.12. The molecule has 0 aromatic heterocycles. The van der Waals surface area contributed by atoms with Crippen LogP contribution in [0.1, 0.15) is 51.9 Å². The van der Waals surface area contributed by atoms with Crippen molar-refractivity contribution >= 4 is 5.97 Å². The number of hydrogen-bond donors (Lipinski definition) is 1. The molecule has 0 aromatic rings. The maximum absolute atomic E-state index is 11.4. The summed E-state index contributed by atoms with van der Waals surface area (Å²) in [6.07, 6.45) is 8.10. The number of carboxylic acids is 1. The first-order valence-corrected chi connectivity index (χ1v) is 7.08.